The highest BCUT2D eigenvalue weighted by molar-refractivity contribution is 7.86. The highest BCUT2D eigenvalue weighted by Crippen LogP contribution is 2.22. The van der Waals surface area contributed by atoms with Crippen LogP contribution in [0.3, 0.4) is 0 Å². The van der Waals surface area contributed by atoms with Crippen molar-refractivity contribution in [1.29, 1.82) is 0 Å². The van der Waals surface area contributed by atoms with Crippen LogP contribution in [0.1, 0.15) is 33.1 Å². The van der Waals surface area contributed by atoms with E-state index < -0.39 is 37.2 Å². The van der Waals surface area contributed by atoms with Gasteiger partial charge in [0.15, 0.2) is 0 Å². The largest absolute Gasteiger partial charge is 0.286 e. The molecular formula is C8H18O6S2. The van der Waals surface area contributed by atoms with E-state index in [2.05, 4.69) is 0 Å². The first-order valence-electron chi connectivity index (χ1n) is 5.03. The SMILES string of the molecule is CCC(CCS(=O)(=O)O)C(CC)S(=O)(=O)O. The Balaban J connectivity index is 4.72. The molecule has 0 rings (SSSR count). The zero-order chi connectivity index (χ0) is 13.0. The zero-order valence-corrected chi connectivity index (χ0v) is 11.0. The van der Waals surface area contributed by atoms with Crippen molar-refractivity contribution in [3.63, 3.8) is 0 Å². The van der Waals surface area contributed by atoms with Gasteiger partial charge in [0.25, 0.3) is 20.2 Å². The van der Waals surface area contributed by atoms with Gasteiger partial charge in [-0.25, -0.2) is 0 Å². The third-order valence-electron chi connectivity index (χ3n) is 2.58. The Labute approximate surface area is 96.6 Å². The topological polar surface area (TPSA) is 109 Å². The lowest BCUT2D eigenvalue weighted by atomic mass is 9.97. The van der Waals surface area contributed by atoms with Crippen molar-refractivity contribution in [3.8, 4) is 0 Å². The quantitative estimate of drug-likeness (QED) is 0.669. The maximum atomic E-state index is 11.0. The molecule has 0 bridgehead atoms. The second kappa shape index (κ2) is 5.95. The molecule has 0 fully saturated rings. The van der Waals surface area contributed by atoms with Crippen LogP contribution in [0.15, 0.2) is 0 Å². The monoisotopic (exact) mass is 274 g/mol. The van der Waals surface area contributed by atoms with E-state index in [0.717, 1.165) is 0 Å². The van der Waals surface area contributed by atoms with Gasteiger partial charge in [-0.2, -0.15) is 16.8 Å². The zero-order valence-electron chi connectivity index (χ0n) is 9.33. The molecule has 0 aliphatic carbocycles. The number of rotatable bonds is 7. The molecule has 0 heterocycles. The molecule has 0 saturated heterocycles. The molecule has 0 spiro atoms. The summed E-state index contributed by atoms with van der Waals surface area (Å²) in [7, 11) is -8.26. The summed E-state index contributed by atoms with van der Waals surface area (Å²) >= 11 is 0. The van der Waals surface area contributed by atoms with Crippen molar-refractivity contribution in [2.75, 3.05) is 5.75 Å². The van der Waals surface area contributed by atoms with Gasteiger partial charge in [0.1, 0.15) is 0 Å². The van der Waals surface area contributed by atoms with Crippen LogP contribution in [0.2, 0.25) is 0 Å². The van der Waals surface area contributed by atoms with Gasteiger partial charge in [-0.05, 0) is 18.8 Å². The van der Waals surface area contributed by atoms with Gasteiger partial charge >= 0.3 is 0 Å². The van der Waals surface area contributed by atoms with Gasteiger partial charge in [-0.3, -0.25) is 9.11 Å². The number of hydrogen-bond acceptors (Lipinski definition) is 4. The van der Waals surface area contributed by atoms with Gasteiger partial charge in [0, 0.05) is 0 Å². The average Bonchev–Trinajstić information content (AvgIpc) is 2.08. The van der Waals surface area contributed by atoms with Crippen LogP contribution in [0, 0.1) is 5.92 Å². The van der Waals surface area contributed by atoms with Gasteiger partial charge in [-0.1, -0.05) is 20.3 Å². The van der Waals surface area contributed by atoms with Crippen molar-refractivity contribution in [1.82, 2.24) is 0 Å². The van der Waals surface area contributed by atoms with Gasteiger partial charge in [0.2, 0.25) is 0 Å². The van der Waals surface area contributed by atoms with E-state index in [1.165, 1.54) is 0 Å². The van der Waals surface area contributed by atoms with E-state index in [0.29, 0.717) is 6.42 Å². The van der Waals surface area contributed by atoms with E-state index in [1.54, 1.807) is 13.8 Å². The second-order valence-corrected chi connectivity index (χ2v) is 6.91. The molecule has 0 aliphatic heterocycles. The standard InChI is InChI=1S/C8H18O6S2/c1-3-7(5-6-15(9,10)11)8(4-2)16(12,13)14/h7-8H,3-6H2,1-2H3,(H,9,10,11)(H,12,13,14). The summed E-state index contributed by atoms with van der Waals surface area (Å²) in [5, 5.41) is -0.973. The maximum absolute atomic E-state index is 11.0. The predicted molar refractivity (Wildman–Crippen MR) is 60.4 cm³/mol. The first kappa shape index (κ1) is 15.8. The minimum atomic E-state index is -4.17. The normalized spacial score (nSPS) is 17.0. The Hall–Kier alpha value is -0.180. The summed E-state index contributed by atoms with van der Waals surface area (Å²) in [6, 6.07) is 0. The molecule has 16 heavy (non-hydrogen) atoms. The van der Waals surface area contributed by atoms with Gasteiger partial charge in [0.05, 0.1) is 11.0 Å². The molecule has 2 atom stereocenters. The van der Waals surface area contributed by atoms with Crippen LogP contribution in [0.5, 0.6) is 0 Å². The van der Waals surface area contributed by atoms with Crippen LogP contribution in [0.4, 0.5) is 0 Å². The summed E-state index contributed by atoms with van der Waals surface area (Å²) in [4.78, 5) is 0. The fourth-order valence-electron chi connectivity index (χ4n) is 1.74. The van der Waals surface area contributed by atoms with Crippen LogP contribution < -0.4 is 0 Å². The first-order valence-corrected chi connectivity index (χ1v) is 8.14. The Kier molecular flexibility index (Phi) is 5.88. The van der Waals surface area contributed by atoms with E-state index in [9.17, 15) is 16.8 Å². The highest BCUT2D eigenvalue weighted by Gasteiger charge is 2.30. The summed E-state index contributed by atoms with van der Waals surface area (Å²) < 4.78 is 60.7. The molecule has 6 nitrogen and oxygen atoms in total. The van der Waals surface area contributed by atoms with E-state index in [1.807, 2.05) is 0 Å². The molecular weight excluding hydrogens is 256 g/mol. The molecule has 0 saturated carbocycles. The van der Waals surface area contributed by atoms with Crippen molar-refractivity contribution < 1.29 is 25.9 Å². The second-order valence-electron chi connectivity index (χ2n) is 3.70. The predicted octanol–water partition coefficient (Wildman–Crippen LogP) is 0.957. The Morgan fingerprint density at radius 2 is 1.50 bits per heavy atom. The molecule has 0 amide bonds. The van der Waals surface area contributed by atoms with E-state index >= 15 is 0 Å². The third kappa shape index (κ3) is 5.78. The molecule has 8 heteroatoms. The lowest BCUT2D eigenvalue weighted by Gasteiger charge is -2.21. The lowest BCUT2D eigenvalue weighted by Crippen LogP contribution is -2.30. The Morgan fingerprint density at radius 1 is 1.00 bits per heavy atom. The first-order chi connectivity index (χ1) is 7.11. The smallest absolute Gasteiger partial charge is 0.268 e. The molecule has 0 aliphatic rings. The average molecular weight is 274 g/mol. The summed E-state index contributed by atoms with van der Waals surface area (Å²) in [5.74, 6) is -0.959. The molecule has 98 valence electrons. The molecule has 0 radical (unpaired) electrons. The fraction of sp³-hybridized carbons (Fsp3) is 1.00. The summed E-state index contributed by atoms with van der Waals surface area (Å²) in [5.41, 5.74) is 0. The van der Waals surface area contributed by atoms with Gasteiger partial charge in [-0.15, -0.1) is 0 Å². The minimum Gasteiger partial charge on any atom is -0.286 e. The van der Waals surface area contributed by atoms with E-state index in [4.69, 9.17) is 9.11 Å². The summed E-state index contributed by atoms with van der Waals surface area (Å²) in [6.07, 6.45) is 0.657. The number of hydrogen-bond donors (Lipinski definition) is 2. The van der Waals surface area contributed by atoms with Gasteiger partial charge < -0.3 is 0 Å². The highest BCUT2D eigenvalue weighted by atomic mass is 32.2. The molecule has 2 unspecified atom stereocenters. The van der Waals surface area contributed by atoms with Crippen molar-refractivity contribution in [3.05, 3.63) is 0 Å². The van der Waals surface area contributed by atoms with E-state index in [-0.39, 0.29) is 12.8 Å². The van der Waals surface area contributed by atoms with Crippen LogP contribution >= 0.6 is 0 Å². The Bertz CT molecular complexity index is 396. The molecule has 0 aromatic heterocycles. The van der Waals surface area contributed by atoms with Crippen molar-refractivity contribution in [2.24, 2.45) is 5.92 Å². The van der Waals surface area contributed by atoms with Crippen molar-refractivity contribution in [2.45, 2.75) is 38.4 Å². The molecule has 0 aromatic rings. The lowest BCUT2D eigenvalue weighted by molar-refractivity contribution is 0.391. The van der Waals surface area contributed by atoms with Crippen molar-refractivity contribution >= 4 is 20.2 Å². The van der Waals surface area contributed by atoms with Crippen LogP contribution in [-0.4, -0.2) is 36.9 Å². The van der Waals surface area contributed by atoms with Crippen LogP contribution in [-0.2, 0) is 20.2 Å². The minimum absolute atomic E-state index is 0.0215. The third-order valence-corrected chi connectivity index (χ3v) is 4.82. The molecule has 0 aromatic carbocycles. The fourth-order valence-corrected chi connectivity index (χ4v) is 3.58. The van der Waals surface area contributed by atoms with Crippen LogP contribution in [0.25, 0.3) is 0 Å². The maximum Gasteiger partial charge on any atom is 0.268 e. The Morgan fingerprint density at radius 3 is 1.75 bits per heavy atom. The molecule has 2 N–H and O–H groups in total. The summed E-state index contributed by atoms with van der Waals surface area (Å²) in [6.45, 7) is 3.32.